The summed E-state index contributed by atoms with van der Waals surface area (Å²) in [7, 11) is 1.28. The van der Waals surface area contributed by atoms with Gasteiger partial charge in [0.15, 0.2) is 11.6 Å². The molecule has 1 aromatic heterocycles. The Kier molecular flexibility index (Phi) is 8.24. The van der Waals surface area contributed by atoms with Gasteiger partial charge in [0.1, 0.15) is 11.4 Å². The number of halogens is 4. The van der Waals surface area contributed by atoms with Gasteiger partial charge in [-0.2, -0.15) is 13.2 Å². The number of carbonyl (C=O) groups is 3. The van der Waals surface area contributed by atoms with Crippen molar-refractivity contribution >= 4 is 23.7 Å². The van der Waals surface area contributed by atoms with Crippen molar-refractivity contribution in [3.8, 4) is 11.5 Å². The van der Waals surface area contributed by atoms with Gasteiger partial charge in [-0.15, -0.1) is 0 Å². The zero-order chi connectivity index (χ0) is 30.2. The Balaban J connectivity index is 1.31. The predicted molar refractivity (Wildman–Crippen MR) is 138 cm³/mol. The van der Waals surface area contributed by atoms with Crippen LogP contribution in [0.25, 0.3) is 0 Å². The Morgan fingerprint density at radius 1 is 1.02 bits per heavy atom. The average Bonchev–Trinajstić information content (AvgIpc) is 3.56. The van der Waals surface area contributed by atoms with E-state index in [1.54, 1.807) is 0 Å². The van der Waals surface area contributed by atoms with Gasteiger partial charge in [-0.25, -0.2) is 14.4 Å². The molecule has 1 aromatic carbocycles. The number of fused-ring (bicyclic) bond motifs is 2. The van der Waals surface area contributed by atoms with Crippen LogP contribution in [0, 0.1) is 29.5 Å². The van der Waals surface area contributed by atoms with Gasteiger partial charge in [-0.1, -0.05) is 0 Å². The number of hydrogen-bond donors (Lipinski definition) is 3. The third-order valence-electron chi connectivity index (χ3n) is 8.51. The molecule has 3 aliphatic rings. The second-order valence-electron chi connectivity index (χ2n) is 11.0. The lowest BCUT2D eigenvalue weighted by Gasteiger charge is -2.31. The highest BCUT2D eigenvalue weighted by atomic mass is 19.4. The highest BCUT2D eigenvalue weighted by Crippen LogP contribution is 2.49. The Hall–Kier alpha value is -3.97. The fourth-order valence-corrected chi connectivity index (χ4v) is 6.45. The number of nitrogens with zero attached hydrogens (tertiary/aromatic N) is 2. The molecule has 3 N–H and O–H groups in total. The van der Waals surface area contributed by atoms with Crippen LogP contribution in [-0.2, 0) is 15.8 Å². The Morgan fingerprint density at radius 3 is 2.40 bits per heavy atom. The van der Waals surface area contributed by atoms with Gasteiger partial charge < -0.3 is 19.9 Å². The molecule has 4 atom stereocenters. The summed E-state index contributed by atoms with van der Waals surface area (Å²) >= 11 is 0. The third-order valence-corrected chi connectivity index (χ3v) is 8.51. The number of hydrogen-bond acceptors (Lipinski definition) is 7. The number of anilines is 1. The van der Waals surface area contributed by atoms with Crippen molar-refractivity contribution < 1.29 is 46.5 Å². The van der Waals surface area contributed by atoms with E-state index in [-0.39, 0.29) is 28.9 Å². The van der Waals surface area contributed by atoms with Crippen LogP contribution in [0.4, 0.5) is 23.5 Å². The molecular weight excluding hydrogens is 564 g/mol. The fraction of sp³-hybridized carbons (Fsp3) is 0.536. The number of methoxy groups -OCH3 is 1. The first-order chi connectivity index (χ1) is 19.9. The molecule has 226 valence electrons. The second-order valence-corrected chi connectivity index (χ2v) is 11.0. The number of aromatic nitrogens is 2. The molecule has 0 aliphatic heterocycles. The van der Waals surface area contributed by atoms with Gasteiger partial charge in [0.25, 0.3) is 5.91 Å². The Labute approximate surface area is 238 Å². The summed E-state index contributed by atoms with van der Waals surface area (Å²) < 4.78 is 65.2. The van der Waals surface area contributed by atoms with Crippen LogP contribution in [0.1, 0.15) is 61.0 Å². The van der Waals surface area contributed by atoms with E-state index in [0.717, 1.165) is 25.1 Å². The van der Waals surface area contributed by atoms with Crippen LogP contribution in [0.15, 0.2) is 24.4 Å². The van der Waals surface area contributed by atoms with Crippen molar-refractivity contribution in [2.24, 2.45) is 23.7 Å². The minimum atomic E-state index is -4.71. The van der Waals surface area contributed by atoms with Crippen molar-refractivity contribution in [1.29, 1.82) is 0 Å². The predicted octanol–water partition coefficient (Wildman–Crippen LogP) is 4.45. The molecule has 42 heavy (non-hydrogen) atoms. The van der Waals surface area contributed by atoms with Crippen molar-refractivity contribution in [2.45, 2.75) is 63.3 Å². The largest absolute Gasteiger partial charge is 0.496 e. The minimum absolute atomic E-state index is 0.0173. The van der Waals surface area contributed by atoms with Crippen LogP contribution >= 0.6 is 0 Å². The maximum Gasteiger partial charge on any atom is 0.433 e. The molecule has 0 radical (unpaired) electrons. The number of rotatable bonds is 8. The molecule has 3 saturated carbocycles. The molecule has 0 spiro atoms. The number of carbonyl (C=O) groups excluding carboxylic acids is 2. The van der Waals surface area contributed by atoms with E-state index in [1.165, 1.54) is 13.2 Å². The summed E-state index contributed by atoms with van der Waals surface area (Å²) in [6.45, 7) is 0. The smallest absolute Gasteiger partial charge is 0.433 e. The van der Waals surface area contributed by atoms with E-state index in [1.807, 2.05) is 0 Å². The van der Waals surface area contributed by atoms with Gasteiger partial charge in [-0.3, -0.25) is 19.7 Å². The van der Waals surface area contributed by atoms with Crippen LogP contribution in [0.2, 0.25) is 0 Å². The van der Waals surface area contributed by atoms with E-state index < -0.39 is 65.4 Å². The molecule has 14 heteroatoms. The highest BCUT2D eigenvalue weighted by molar-refractivity contribution is 5.99. The van der Waals surface area contributed by atoms with Crippen molar-refractivity contribution in [2.75, 3.05) is 12.4 Å². The normalized spacial score (nSPS) is 26.9. The first kappa shape index (κ1) is 29.5. The lowest BCUT2D eigenvalue weighted by molar-refractivity contribution is -0.143. The summed E-state index contributed by atoms with van der Waals surface area (Å²) in [5.74, 6) is -4.91. The second kappa shape index (κ2) is 11.7. The quantitative estimate of drug-likeness (QED) is 0.381. The molecule has 2 aromatic rings. The number of benzene rings is 1. The summed E-state index contributed by atoms with van der Waals surface area (Å²) in [4.78, 5) is 45.1. The van der Waals surface area contributed by atoms with E-state index >= 15 is 0 Å². The molecule has 0 saturated heterocycles. The lowest BCUT2D eigenvalue weighted by Crippen LogP contribution is -2.48. The molecule has 3 fully saturated rings. The van der Waals surface area contributed by atoms with Crippen LogP contribution < -0.4 is 20.1 Å². The van der Waals surface area contributed by atoms with E-state index in [9.17, 15) is 37.1 Å². The monoisotopic (exact) mass is 594 g/mol. The number of ether oxygens (including phenoxy) is 2. The third kappa shape index (κ3) is 6.12. The van der Waals surface area contributed by atoms with Crippen molar-refractivity contribution in [3.63, 3.8) is 0 Å². The lowest BCUT2D eigenvalue weighted by atomic mass is 9.83. The summed E-state index contributed by atoms with van der Waals surface area (Å²) in [6, 6.07) is 2.33. The van der Waals surface area contributed by atoms with Crippen LogP contribution in [-0.4, -0.2) is 52.1 Å². The molecule has 3 aliphatic carbocycles. The number of alkyl halides is 3. The number of aliphatic carboxylic acids is 1. The zero-order valence-electron chi connectivity index (χ0n) is 22.6. The van der Waals surface area contributed by atoms with Gasteiger partial charge in [-0.05, 0) is 68.9 Å². The molecule has 2 bridgehead atoms. The standard InChI is InChI=1S/C28H30F4N4O6/c1-41-19-12-18(29)20(42-16-6-4-13(5-7-16)26(39)40)11-17(19)24(37)35-23-15-3-2-14(10-15)22(23)25(38)36-27-33-9-8-21(34-27)28(30,31)32/h8-9,11-16,22-23H,2-7,10H2,1H3,(H,35,37)(H,39,40)(H,33,34,36,38). The van der Waals surface area contributed by atoms with Gasteiger partial charge in [0.05, 0.1) is 30.6 Å². The molecule has 5 rings (SSSR count). The molecule has 1 heterocycles. The minimum Gasteiger partial charge on any atom is -0.496 e. The van der Waals surface area contributed by atoms with E-state index in [2.05, 4.69) is 20.6 Å². The van der Waals surface area contributed by atoms with Crippen LogP contribution in [0.5, 0.6) is 11.5 Å². The van der Waals surface area contributed by atoms with Crippen LogP contribution in [0.3, 0.4) is 0 Å². The van der Waals surface area contributed by atoms with Gasteiger partial charge in [0.2, 0.25) is 11.9 Å². The highest BCUT2D eigenvalue weighted by Gasteiger charge is 2.51. The topological polar surface area (TPSA) is 140 Å². The Bertz CT molecular complexity index is 1360. The van der Waals surface area contributed by atoms with Gasteiger partial charge in [0, 0.05) is 18.3 Å². The fourth-order valence-electron chi connectivity index (χ4n) is 6.45. The summed E-state index contributed by atoms with van der Waals surface area (Å²) in [5, 5.41) is 14.5. The molecule has 10 nitrogen and oxygen atoms in total. The van der Waals surface area contributed by atoms with Gasteiger partial charge >= 0.3 is 12.1 Å². The zero-order valence-corrected chi connectivity index (χ0v) is 22.6. The van der Waals surface area contributed by atoms with E-state index in [0.29, 0.717) is 38.2 Å². The number of carboxylic acids is 1. The number of amides is 2. The molecule has 2 amide bonds. The number of carboxylic acid groups (broad SMARTS) is 1. The van der Waals surface area contributed by atoms with E-state index in [4.69, 9.17) is 9.47 Å². The van der Waals surface area contributed by atoms with Crippen molar-refractivity contribution in [3.05, 3.63) is 41.5 Å². The molecular formula is C28H30F4N4O6. The Morgan fingerprint density at radius 2 is 1.74 bits per heavy atom. The SMILES string of the molecule is COc1cc(F)c(OC2CCC(C(=O)O)CC2)cc1C(=O)NC1C2CCC(C2)C1C(=O)Nc1nccc(C(F)(F)F)n1. The van der Waals surface area contributed by atoms with Crippen molar-refractivity contribution in [1.82, 2.24) is 15.3 Å². The first-order valence-corrected chi connectivity index (χ1v) is 13.7. The molecule has 4 unspecified atom stereocenters. The summed E-state index contributed by atoms with van der Waals surface area (Å²) in [6.07, 6.45) is -0.466. The first-order valence-electron chi connectivity index (χ1n) is 13.7. The summed E-state index contributed by atoms with van der Waals surface area (Å²) in [5.41, 5.74) is -1.21. The average molecular weight is 595 g/mol. The maximum atomic E-state index is 14.9. The number of nitrogens with one attached hydrogen (secondary N) is 2. The maximum absolute atomic E-state index is 14.9.